The number of likely N-dealkylation sites (tertiary alicyclic amines) is 1. The van der Waals surface area contributed by atoms with Gasteiger partial charge in [-0.3, -0.25) is 0 Å². The predicted octanol–water partition coefficient (Wildman–Crippen LogP) is -0.451. The van der Waals surface area contributed by atoms with Crippen LogP contribution in [-0.2, 0) is 4.74 Å². The number of amides is 1. The van der Waals surface area contributed by atoms with E-state index in [-0.39, 0.29) is 18.7 Å². The smallest absolute Gasteiger partial charge is 0.410 e. The van der Waals surface area contributed by atoms with E-state index in [0.717, 1.165) is 0 Å². The summed E-state index contributed by atoms with van der Waals surface area (Å²) in [6.45, 7) is 6.73. The van der Waals surface area contributed by atoms with Crippen LogP contribution in [0.25, 0.3) is 0 Å². The first-order chi connectivity index (χ1) is 7.81. The first kappa shape index (κ1) is 14.2. The van der Waals surface area contributed by atoms with Crippen molar-refractivity contribution in [3.05, 3.63) is 0 Å². The Hall–Kier alpha value is -0.850. The van der Waals surface area contributed by atoms with Gasteiger partial charge in [0, 0.05) is 25.7 Å². The number of aliphatic hydroxyl groups is 2. The molecule has 0 aromatic rings. The Balaban J connectivity index is 2.16. The lowest BCUT2D eigenvalue weighted by atomic mass is 10.1. The quantitative estimate of drug-likeness (QED) is 0.626. The minimum absolute atomic E-state index is 0.170. The van der Waals surface area contributed by atoms with Gasteiger partial charge in [-0.05, 0) is 20.8 Å². The van der Waals surface area contributed by atoms with Crippen molar-refractivity contribution in [3.63, 3.8) is 0 Å². The van der Waals surface area contributed by atoms with Gasteiger partial charge in [-0.2, -0.15) is 0 Å². The summed E-state index contributed by atoms with van der Waals surface area (Å²) in [5.41, 5.74) is -0.470. The molecule has 0 spiro atoms. The molecule has 1 fully saturated rings. The summed E-state index contributed by atoms with van der Waals surface area (Å²) < 4.78 is 5.21. The minimum atomic E-state index is -0.745. The number of hydrogen-bond acceptors (Lipinski definition) is 5. The van der Waals surface area contributed by atoms with Gasteiger partial charge in [-0.15, -0.1) is 0 Å². The van der Waals surface area contributed by atoms with Crippen LogP contribution < -0.4 is 5.32 Å². The van der Waals surface area contributed by atoms with Crippen LogP contribution in [-0.4, -0.2) is 65.2 Å². The van der Waals surface area contributed by atoms with Gasteiger partial charge in [0.15, 0.2) is 0 Å². The lowest BCUT2D eigenvalue weighted by molar-refractivity contribution is 0.00328. The van der Waals surface area contributed by atoms with Crippen molar-refractivity contribution >= 4 is 6.09 Å². The summed E-state index contributed by atoms with van der Waals surface area (Å²) in [6.07, 6.45) is -1.05. The van der Waals surface area contributed by atoms with Crippen LogP contribution in [0.2, 0.25) is 0 Å². The maximum Gasteiger partial charge on any atom is 0.410 e. The molecule has 0 saturated carbocycles. The molecule has 1 unspecified atom stereocenters. The van der Waals surface area contributed by atoms with Crippen LogP contribution in [0.15, 0.2) is 0 Å². The zero-order valence-corrected chi connectivity index (χ0v) is 10.6. The Morgan fingerprint density at radius 3 is 2.59 bits per heavy atom. The number of rotatable bonds is 4. The molecule has 17 heavy (non-hydrogen) atoms. The molecule has 1 amide bonds. The highest BCUT2D eigenvalue weighted by atomic mass is 16.6. The van der Waals surface area contributed by atoms with Gasteiger partial charge >= 0.3 is 6.09 Å². The number of nitrogens with zero attached hydrogens (tertiary/aromatic N) is 1. The fourth-order valence-electron chi connectivity index (χ4n) is 1.45. The number of ether oxygens (including phenoxy) is 1. The first-order valence-corrected chi connectivity index (χ1v) is 5.82. The predicted molar refractivity (Wildman–Crippen MR) is 62.7 cm³/mol. The molecule has 0 aromatic heterocycles. The first-order valence-electron chi connectivity index (χ1n) is 5.82. The molecule has 0 radical (unpaired) electrons. The molecule has 1 atom stereocenters. The standard InChI is InChI=1S/C11H22N2O4/c1-11(2,3)17-10(16)13-5-8(6-13)12-4-9(15)7-14/h8-9,12,14-15H,4-7H2,1-3H3. The lowest BCUT2D eigenvalue weighted by Crippen LogP contribution is -2.61. The summed E-state index contributed by atoms with van der Waals surface area (Å²) in [5, 5.41) is 20.8. The summed E-state index contributed by atoms with van der Waals surface area (Å²) in [5.74, 6) is 0. The summed E-state index contributed by atoms with van der Waals surface area (Å²) in [6, 6.07) is 0.170. The molecular weight excluding hydrogens is 224 g/mol. The van der Waals surface area contributed by atoms with Gasteiger partial charge in [-0.1, -0.05) is 0 Å². The van der Waals surface area contributed by atoms with Gasteiger partial charge in [-0.25, -0.2) is 4.79 Å². The van der Waals surface area contributed by atoms with Crippen molar-refractivity contribution in [3.8, 4) is 0 Å². The molecule has 0 aliphatic carbocycles. The molecule has 1 aliphatic rings. The second-order valence-electron chi connectivity index (χ2n) is 5.33. The molecule has 1 heterocycles. The summed E-state index contributed by atoms with van der Waals surface area (Å²) in [7, 11) is 0. The van der Waals surface area contributed by atoms with Crippen LogP contribution >= 0.6 is 0 Å². The Morgan fingerprint density at radius 2 is 2.12 bits per heavy atom. The van der Waals surface area contributed by atoms with Crippen LogP contribution in [0.4, 0.5) is 4.79 Å². The highest BCUT2D eigenvalue weighted by Crippen LogP contribution is 2.14. The second-order valence-corrected chi connectivity index (χ2v) is 5.33. The van der Waals surface area contributed by atoms with Gasteiger partial charge in [0.25, 0.3) is 0 Å². The fourth-order valence-corrected chi connectivity index (χ4v) is 1.45. The Kier molecular flexibility index (Phi) is 4.73. The summed E-state index contributed by atoms with van der Waals surface area (Å²) >= 11 is 0. The third-order valence-corrected chi connectivity index (χ3v) is 2.39. The maximum absolute atomic E-state index is 11.6. The largest absolute Gasteiger partial charge is 0.444 e. The number of carbonyl (C=O) groups is 1. The average molecular weight is 246 g/mol. The average Bonchev–Trinajstić information content (AvgIpc) is 2.11. The topological polar surface area (TPSA) is 82.0 Å². The highest BCUT2D eigenvalue weighted by molar-refractivity contribution is 5.69. The van der Waals surface area contributed by atoms with Crippen molar-refractivity contribution in [2.75, 3.05) is 26.2 Å². The maximum atomic E-state index is 11.6. The van der Waals surface area contributed by atoms with Crippen LogP contribution in [0, 0.1) is 0 Å². The molecule has 0 aromatic carbocycles. The molecule has 1 rings (SSSR count). The van der Waals surface area contributed by atoms with Crippen molar-refractivity contribution in [2.45, 2.75) is 38.5 Å². The van der Waals surface area contributed by atoms with Crippen molar-refractivity contribution in [1.82, 2.24) is 10.2 Å². The normalized spacial score (nSPS) is 18.8. The second kappa shape index (κ2) is 5.66. The van der Waals surface area contributed by atoms with E-state index in [0.29, 0.717) is 19.6 Å². The lowest BCUT2D eigenvalue weighted by Gasteiger charge is -2.40. The van der Waals surface area contributed by atoms with Crippen LogP contribution in [0.1, 0.15) is 20.8 Å². The molecule has 0 bridgehead atoms. The third-order valence-electron chi connectivity index (χ3n) is 2.39. The summed E-state index contributed by atoms with van der Waals surface area (Å²) in [4.78, 5) is 13.2. The molecule has 1 saturated heterocycles. The zero-order valence-electron chi connectivity index (χ0n) is 10.6. The van der Waals surface area contributed by atoms with E-state index < -0.39 is 11.7 Å². The fraction of sp³-hybridized carbons (Fsp3) is 0.909. The number of carbonyl (C=O) groups excluding carboxylic acids is 1. The van der Waals surface area contributed by atoms with Gasteiger partial charge in [0.1, 0.15) is 5.60 Å². The third kappa shape index (κ3) is 4.89. The molecular formula is C11H22N2O4. The van der Waals surface area contributed by atoms with Crippen LogP contribution in [0.5, 0.6) is 0 Å². The Bertz CT molecular complexity index is 259. The zero-order chi connectivity index (χ0) is 13.1. The monoisotopic (exact) mass is 246 g/mol. The highest BCUT2D eigenvalue weighted by Gasteiger charge is 2.33. The van der Waals surface area contributed by atoms with E-state index in [1.807, 2.05) is 20.8 Å². The van der Waals surface area contributed by atoms with E-state index in [9.17, 15) is 4.79 Å². The number of hydrogen-bond donors (Lipinski definition) is 3. The van der Waals surface area contributed by atoms with Gasteiger partial charge in [0.2, 0.25) is 0 Å². The molecule has 6 nitrogen and oxygen atoms in total. The van der Waals surface area contributed by atoms with Gasteiger partial charge in [0.05, 0.1) is 12.7 Å². The SMILES string of the molecule is CC(C)(C)OC(=O)N1CC(NCC(O)CO)C1. The molecule has 100 valence electrons. The number of aliphatic hydroxyl groups excluding tert-OH is 2. The van der Waals surface area contributed by atoms with Crippen LogP contribution in [0.3, 0.4) is 0 Å². The number of nitrogens with one attached hydrogen (secondary N) is 1. The Morgan fingerprint density at radius 1 is 1.53 bits per heavy atom. The van der Waals surface area contributed by atoms with E-state index >= 15 is 0 Å². The van der Waals surface area contributed by atoms with E-state index in [4.69, 9.17) is 14.9 Å². The van der Waals surface area contributed by atoms with Gasteiger partial charge < -0.3 is 25.2 Å². The van der Waals surface area contributed by atoms with Crippen molar-refractivity contribution in [2.24, 2.45) is 0 Å². The minimum Gasteiger partial charge on any atom is -0.444 e. The van der Waals surface area contributed by atoms with Crippen molar-refractivity contribution in [1.29, 1.82) is 0 Å². The van der Waals surface area contributed by atoms with E-state index in [1.165, 1.54) is 0 Å². The van der Waals surface area contributed by atoms with E-state index in [1.54, 1.807) is 4.90 Å². The molecule has 6 heteroatoms. The molecule has 1 aliphatic heterocycles. The van der Waals surface area contributed by atoms with E-state index in [2.05, 4.69) is 5.32 Å². The van der Waals surface area contributed by atoms with Crippen molar-refractivity contribution < 1.29 is 19.7 Å². The Labute approximate surface area is 102 Å². The molecule has 3 N–H and O–H groups in total.